The molecule has 0 bridgehead atoms. The van der Waals surface area contributed by atoms with Gasteiger partial charge in [-0.1, -0.05) is 18.2 Å². The maximum absolute atomic E-state index is 13.7. The van der Waals surface area contributed by atoms with Crippen molar-refractivity contribution in [3.8, 4) is 0 Å². The summed E-state index contributed by atoms with van der Waals surface area (Å²) < 4.78 is 18.9. The molecule has 3 rings (SSSR count). The molecular formula is C18H19FN2O4S. The van der Waals surface area contributed by atoms with E-state index < -0.39 is 17.3 Å². The number of benzene rings is 1. The van der Waals surface area contributed by atoms with E-state index in [4.69, 9.17) is 4.74 Å². The smallest absolute Gasteiger partial charge is 0.311 e. The van der Waals surface area contributed by atoms with Gasteiger partial charge in [0.2, 0.25) is 0 Å². The lowest BCUT2D eigenvalue weighted by atomic mass is 9.80. The summed E-state index contributed by atoms with van der Waals surface area (Å²) in [5.41, 5.74) is -0.269. The predicted molar refractivity (Wildman–Crippen MR) is 93.8 cm³/mol. The summed E-state index contributed by atoms with van der Waals surface area (Å²) in [6, 6.07) is 6.43. The summed E-state index contributed by atoms with van der Waals surface area (Å²) >= 11 is 1.27. The van der Waals surface area contributed by atoms with Crippen LogP contribution in [0.2, 0.25) is 0 Å². The molecule has 1 aliphatic heterocycles. The first kappa shape index (κ1) is 18.5. The monoisotopic (exact) mass is 378 g/mol. The second kappa shape index (κ2) is 7.92. The Morgan fingerprint density at radius 3 is 2.73 bits per heavy atom. The van der Waals surface area contributed by atoms with Gasteiger partial charge in [0, 0.05) is 31.6 Å². The van der Waals surface area contributed by atoms with E-state index in [-0.39, 0.29) is 18.1 Å². The number of hydrogen-bond acceptors (Lipinski definition) is 5. The lowest BCUT2D eigenvalue weighted by molar-refractivity contribution is -0.154. The average Bonchev–Trinajstić information content (AvgIpc) is 3.11. The van der Waals surface area contributed by atoms with E-state index in [0.717, 1.165) is 0 Å². The highest BCUT2D eigenvalue weighted by Gasteiger charge is 2.40. The topological polar surface area (TPSA) is 88.5 Å². The third-order valence-corrected chi connectivity index (χ3v) is 5.42. The molecule has 0 spiro atoms. The van der Waals surface area contributed by atoms with Crippen molar-refractivity contribution in [3.05, 3.63) is 51.7 Å². The highest BCUT2D eigenvalue weighted by molar-refractivity contribution is 7.09. The number of nitrogens with zero attached hydrogens (tertiary/aromatic N) is 1. The van der Waals surface area contributed by atoms with Gasteiger partial charge in [-0.2, -0.15) is 0 Å². The summed E-state index contributed by atoms with van der Waals surface area (Å²) in [4.78, 5) is 28.2. The molecule has 1 fully saturated rings. The van der Waals surface area contributed by atoms with Gasteiger partial charge in [0.15, 0.2) is 0 Å². The number of rotatable bonds is 6. The Morgan fingerprint density at radius 1 is 1.31 bits per heavy atom. The van der Waals surface area contributed by atoms with Crippen molar-refractivity contribution in [1.82, 2.24) is 10.3 Å². The van der Waals surface area contributed by atoms with Crippen molar-refractivity contribution in [2.75, 3.05) is 19.8 Å². The number of carboxylic acid groups (broad SMARTS) is 1. The summed E-state index contributed by atoms with van der Waals surface area (Å²) in [6.45, 7) is 0.766. The fourth-order valence-electron chi connectivity index (χ4n) is 2.87. The van der Waals surface area contributed by atoms with Gasteiger partial charge in [0.25, 0.3) is 5.91 Å². The van der Waals surface area contributed by atoms with Crippen LogP contribution < -0.4 is 5.32 Å². The molecule has 138 valence electrons. The summed E-state index contributed by atoms with van der Waals surface area (Å²) in [7, 11) is 0. The number of amides is 1. The predicted octanol–water partition coefficient (Wildman–Crippen LogP) is 2.48. The molecule has 2 N–H and O–H groups in total. The van der Waals surface area contributed by atoms with Crippen molar-refractivity contribution in [2.24, 2.45) is 5.41 Å². The first-order valence-electron chi connectivity index (χ1n) is 8.27. The Hall–Kier alpha value is -2.32. The Morgan fingerprint density at radius 2 is 2.04 bits per heavy atom. The fourth-order valence-corrected chi connectivity index (χ4v) is 3.67. The maximum atomic E-state index is 13.7. The largest absolute Gasteiger partial charge is 0.481 e. The van der Waals surface area contributed by atoms with Crippen molar-refractivity contribution in [2.45, 2.75) is 19.3 Å². The highest BCUT2D eigenvalue weighted by Crippen LogP contribution is 2.30. The standard InChI is InChI=1S/C18H19FN2O4S/c19-13-4-2-1-3-12(13)9-15-21-14(10-26-15)16(22)20-11-18(17(23)24)5-7-25-8-6-18/h1-4,10H,5-9,11H2,(H,20,22)(H,23,24). The van der Waals surface area contributed by atoms with Crippen LogP contribution in [0.3, 0.4) is 0 Å². The fraction of sp³-hybridized carbons (Fsp3) is 0.389. The van der Waals surface area contributed by atoms with Crippen LogP contribution in [0.5, 0.6) is 0 Å². The number of carbonyl (C=O) groups is 2. The molecule has 1 aromatic carbocycles. The maximum Gasteiger partial charge on any atom is 0.311 e. The second-order valence-electron chi connectivity index (χ2n) is 6.28. The zero-order valence-electron chi connectivity index (χ0n) is 14.0. The van der Waals surface area contributed by atoms with E-state index in [1.54, 1.807) is 23.6 Å². The van der Waals surface area contributed by atoms with Crippen LogP contribution in [0.25, 0.3) is 0 Å². The van der Waals surface area contributed by atoms with Gasteiger partial charge >= 0.3 is 5.97 Å². The van der Waals surface area contributed by atoms with E-state index in [0.29, 0.717) is 43.0 Å². The quantitative estimate of drug-likeness (QED) is 0.806. The number of halogens is 1. The van der Waals surface area contributed by atoms with E-state index in [1.165, 1.54) is 17.4 Å². The molecule has 1 aliphatic rings. The van der Waals surface area contributed by atoms with Gasteiger partial charge in [0.1, 0.15) is 11.5 Å². The van der Waals surface area contributed by atoms with Crippen molar-refractivity contribution < 1.29 is 23.8 Å². The Balaban J connectivity index is 1.63. The van der Waals surface area contributed by atoms with Crippen LogP contribution in [0.15, 0.2) is 29.6 Å². The van der Waals surface area contributed by atoms with Crippen LogP contribution in [0.4, 0.5) is 4.39 Å². The number of thiazole rings is 1. The molecule has 2 heterocycles. The molecule has 0 saturated carbocycles. The van der Waals surface area contributed by atoms with Crippen molar-refractivity contribution >= 4 is 23.2 Å². The molecule has 1 saturated heterocycles. The Kier molecular flexibility index (Phi) is 5.63. The number of ether oxygens (including phenoxy) is 1. The molecule has 2 aromatic rings. The average molecular weight is 378 g/mol. The summed E-state index contributed by atoms with van der Waals surface area (Å²) in [5, 5.41) is 14.4. The number of carboxylic acids is 1. The number of aliphatic carboxylic acids is 1. The molecule has 0 radical (unpaired) electrons. The van der Waals surface area contributed by atoms with E-state index in [1.807, 2.05) is 0 Å². The molecule has 26 heavy (non-hydrogen) atoms. The second-order valence-corrected chi connectivity index (χ2v) is 7.22. The van der Waals surface area contributed by atoms with Crippen LogP contribution in [-0.2, 0) is 16.0 Å². The van der Waals surface area contributed by atoms with E-state index >= 15 is 0 Å². The third kappa shape index (κ3) is 4.08. The molecule has 0 aliphatic carbocycles. The van der Waals surface area contributed by atoms with Gasteiger partial charge in [-0.3, -0.25) is 9.59 Å². The first-order valence-corrected chi connectivity index (χ1v) is 9.15. The van der Waals surface area contributed by atoms with Gasteiger partial charge in [-0.05, 0) is 24.5 Å². The first-order chi connectivity index (χ1) is 12.5. The number of nitrogens with one attached hydrogen (secondary N) is 1. The van der Waals surface area contributed by atoms with E-state index in [9.17, 15) is 19.1 Å². The molecule has 0 unspecified atom stereocenters. The number of aromatic nitrogens is 1. The molecule has 8 heteroatoms. The van der Waals surface area contributed by atoms with Gasteiger partial charge in [-0.15, -0.1) is 11.3 Å². The third-order valence-electron chi connectivity index (χ3n) is 4.57. The molecular weight excluding hydrogens is 359 g/mol. The van der Waals surface area contributed by atoms with Crippen LogP contribution >= 0.6 is 11.3 Å². The molecule has 6 nitrogen and oxygen atoms in total. The number of hydrogen-bond donors (Lipinski definition) is 2. The Labute approximate surface area is 154 Å². The Bertz CT molecular complexity index is 802. The normalized spacial score (nSPS) is 16.2. The van der Waals surface area contributed by atoms with E-state index in [2.05, 4.69) is 10.3 Å². The van der Waals surface area contributed by atoms with Gasteiger partial charge in [0.05, 0.1) is 10.4 Å². The van der Waals surface area contributed by atoms with Crippen LogP contribution in [0, 0.1) is 11.2 Å². The highest BCUT2D eigenvalue weighted by atomic mass is 32.1. The summed E-state index contributed by atoms with van der Waals surface area (Å²) in [6.07, 6.45) is 1.03. The minimum atomic E-state index is -1.00. The lowest BCUT2D eigenvalue weighted by Crippen LogP contribution is -2.46. The SMILES string of the molecule is O=C(NCC1(C(=O)O)CCOCC1)c1csc(Cc2ccccc2F)n1. The molecule has 0 atom stereocenters. The zero-order valence-corrected chi connectivity index (χ0v) is 14.9. The van der Waals surface area contributed by atoms with Crippen molar-refractivity contribution in [3.63, 3.8) is 0 Å². The minimum absolute atomic E-state index is 0.0324. The van der Waals surface area contributed by atoms with Gasteiger partial charge < -0.3 is 15.2 Å². The van der Waals surface area contributed by atoms with Gasteiger partial charge in [-0.25, -0.2) is 9.37 Å². The zero-order chi connectivity index (χ0) is 18.6. The lowest BCUT2D eigenvalue weighted by Gasteiger charge is -2.32. The van der Waals surface area contributed by atoms with Crippen LogP contribution in [-0.4, -0.2) is 41.7 Å². The number of carbonyl (C=O) groups excluding carboxylic acids is 1. The van der Waals surface area contributed by atoms with Crippen LogP contribution in [0.1, 0.15) is 33.9 Å². The minimum Gasteiger partial charge on any atom is -0.481 e. The molecule has 1 amide bonds. The van der Waals surface area contributed by atoms with Crippen molar-refractivity contribution in [1.29, 1.82) is 0 Å². The summed E-state index contributed by atoms with van der Waals surface area (Å²) in [5.74, 6) is -1.66. The molecule has 1 aromatic heterocycles.